The van der Waals surface area contributed by atoms with Crippen LogP contribution in [0.25, 0.3) is 0 Å². The molecule has 0 radical (unpaired) electrons. The second-order valence-electron chi connectivity index (χ2n) is 6.04. The molecular formula is C20H24N2O. The number of aliphatic imine (C=N–C) groups is 1. The average Bonchev–Trinajstić information content (AvgIpc) is 2.58. The highest BCUT2D eigenvalue weighted by Gasteiger charge is 2.17. The second-order valence-corrected chi connectivity index (χ2v) is 6.04. The van der Waals surface area contributed by atoms with E-state index in [0.29, 0.717) is 12.5 Å². The second kappa shape index (κ2) is 8.89. The smallest absolute Gasteiger partial charge is 0.245 e. The Bertz CT molecular complexity index is 621. The Morgan fingerprint density at radius 2 is 1.65 bits per heavy atom. The van der Waals surface area contributed by atoms with E-state index in [9.17, 15) is 4.79 Å². The fourth-order valence-electron chi connectivity index (χ4n) is 2.30. The predicted octanol–water partition coefficient (Wildman–Crippen LogP) is 3.84. The van der Waals surface area contributed by atoms with Crippen molar-refractivity contribution in [3.8, 4) is 0 Å². The lowest BCUT2D eigenvalue weighted by molar-refractivity contribution is -0.122. The molecule has 120 valence electrons. The van der Waals surface area contributed by atoms with Gasteiger partial charge in [0.1, 0.15) is 6.04 Å². The van der Waals surface area contributed by atoms with Crippen molar-refractivity contribution in [2.45, 2.75) is 32.9 Å². The maximum Gasteiger partial charge on any atom is 0.245 e. The summed E-state index contributed by atoms with van der Waals surface area (Å²) in [7, 11) is 0. The molecule has 0 aliphatic heterocycles. The molecule has 0 aromatic heterocycles. The van der Waals surface area contributed by atoms with Gasteiger partial charge >= 0.3 is 0 Å². The number of nitrogens with zero attached hydrogens (tertiary/aromatic N) is 1. The number of benzene rings is 2. The van der Waals surface area contributed by atoms with Crippen LogP contribution >= 0.6 is 0 Å². The lowest BCUT2D eigenvalue weighted by atomic mass is 10.0. The summed E-state index contributed by atoms with van der Waals surface area (Å²) in [6.07, 6.45) is 2.53. The van der Waals surface area contributed by atoms with Gasteiger partial charge in [0.15, 0.2) is 0 Å². The van der Waals surface area contributed by atoms with E-state index in [1.165, 1.54) is 0 Å². The van der Waals surface area contributed by atoms with E-state index in [4.69, 9.17) is 0 Å². The molecule has 1 unspecified atom stereocenters. The van der Waals surface area contributed by atoms with Gasteiger partial charge in [0.2, 0.25) is 5.91 Å². The van der Waals surface area contributed by atoms with Crippen LogP contribution in [0.15, 0.2) is 65.7 Å². The number of rotatable bonds is 7. The number of hydrogen-bond acceptors (Lipinski definition) is 2. The van der Waals surface area contributed by atoms with E-state index >= 15 is 0 Å². The summed E-state index contributed by atoms with van der Waals surface area (Å²) in [5, 5.41) is 2.99. The number of hydrogen-bond donors (Lipinski definition) is 1. The molecule has 0 heterocycles. The van der Waals surface area contributed by atoms with E-state index in [1.807, 2.05) is 60.7 Å². The lowest BCUT2D eigenvalue weighted by Crippen LogP contribution is -2.34. The molecule has 3 heteroatoms. The molecule has 23 heavy (non-hydrogen) atoms. The Balaban J connectivity index is 1.99. The third-order valence-corrected chi connectivity index (χ3v) is 3.51. The van der Waals surface area contributed by atoms with Gasteiger partial charge in [-0.25, -0.2) is 0 Å². The highest BCUT2D eigenvalue weighted by molar-refractivity contribution is 5.86. The van der Waals surface area contributed by atoms with Crippen molar-refractivity contribution in [1.29, 1.82) is 0 Å². The number of nitrogens with one attached hydrogen (secondary N) is 1. The zero-order chi connectivity index (χ0) is 16.5. The van der Waals surface area contributed by atoms with E-state index in [-0.39, 0.29) is 11.9 Å². The molecule has 0 bridgehead atoms. The van der Waals surface area contributed by atoms with Crippen molar-refractivity contribution in [2.75, 3.05) is 0 Å². The largest absolute Gasteiger partial charge is 0.350 e. The Kier molecular flexibility index (Phi) is 6.55. The first-order chi connectivity index (χ1) is 11.1. The molecular weight excluding hydrogens is 284 g/mol. The first-order valence-corrected chi connectivity index (χ1v) is 8.05. The van der Waals surface area contributed by atoms with Gasteiger partial charge in [-0.3, -0.25) is 9.79 Å². The van der Waals surface area contributed by atoms with Crippen LogP contribution in [0.2, 0.25) is 0 Å². The normalized spacial score (nSPS) is 12.5. The minimum absolute atomic E-state index is 0.0188. The first-order valence-electron chi connectivity index (χ1n) is 8.05. The third kappa shape index (κ3) is 6.07. The third-order valence-electron chi connectivity index (χ3n) is 3.51. The van der Waals surface area contributed by atoms with E-state index in [2.05, 4.69) is 24.2 Å². The predicted molar refractivity (Wildman–Crippen MR) is 95.6 cm³/mol. The average molecular weight is 308 g/mol. The zero-order valence-electron chi connectivity index (χ0n) is 13.8. The summed E-state index contributed by atoms with van der Waals surface area (Å²) in [4.78, 5) is 17.0. The van der Waals surface area contributed by atoms with Crippen LogP contribution in [0.4, 0.5) is 0 Å². The van der Waals surface area contributed by atoms with E-state index in [0.717, 1.165) is 17.5 Å². The highest BCUT2D eigenvalue weighted by Crippen LogP contribution is 2.09. The molecule has 2 aromatic carbocycles. The van der Waals surface area contributed by atoms with Crippen LogP contribution in [-0.2, 0) is 11.3 Å². The van der Waals surface area contributed by atoms with Crippen LogP contribution in [-0.4, -0.2) is 18.2 Å². The standard InChI is InChI=1S/C20H24N2O/c1-16(2)13-19(21-14-17-9-5-3-6-10-17)20(23)22-15-18-11-7-4-8-12-18/h3-12,14,16,19H,13,15H2,1-2H3,(H,22,23). The molecule has 0 saturated carbocycles. The van der Waals surface area contributed by atoms with Gasteiger partial charge < -0.3 is 5.32 Å². The van der Waals surface area contributed by atoms with Crippen LogP contribution in [0.3, 0.4) is 0 Å². The van der Waals surface area contributed by atoms with Crippen LogP contribution in [0, 0.1) is 5.92 Å². The quantitative estimate of drug-likeness (QED) is 0.776. The van der Waals surface area contributed by atoms with Gasteiger partial charge in [0, 0.05) is 12.8 Å². The van der Waals surface area contributed by atoms with Crippen molar-refractivity contribution in [3.63, 3.8) is 0 Å². The number of carbonyl (C=O) groups is 1. The topological polar surface area (TPSA) is 41.5 Å². The molecule has 2 rings (SSSR count). The summed E-state index contributed by atoms with van der Waals surface area (Å²) in [6, 6.07) is 19.4. The van der Waals surface area contributed by atoms with Crippen molar-refractivity contribution in [1.82, 2.24) is 5.32 Å². The summed E-state index contributed by atoms with van der Waals surface area (Å²) in [5.41, 5.74) is 2.10. The van der Waals surface area contributed by atoms with E-state index in [1.54, 1.807) is 6.21 Å². The van der Waals surface area contributed by atoms with Crippen LogP contribution in [0.5, 0.6) is 0 Å². The van der Waals surface area contributed by atoms with Gasteiger partial charge in [0.25, 0.3) is 0 Å². The molecule has 1 amide bonds. The molecule has 2 aromatic rings. The van der Waals surface area contributed by atoms with Gasteiger partial charge in [-0.1, -0.05) is 74.5 Å². The van der Waals surface area contributed by atoms with Crippen LogP contribution in [0.1, 0.15) is 31.4 Å². The van der Waals surface area contributed by atoms with Crippen molar-refractivity contribution in [3.05, 3.63) is 71.8 Å². The summed E-state index contributed by atoms with van der Waals surface area (Å²) < 4.78 is 0. The minimum atomic E-state index is -0.348. The number of carbonyl (C=O) groups excluding carboxylic acids is 1. The van der Waals surface area contributed by atoms with Crippen molar-refractivity contribution < 1.29 is 4.79 Å². The summed E-state index contributed by atoms with van der Waals surface area (Å²) in [6.45, 7) is 4.75. The minimum Gasteiger partial charge on any atom is -0.350 e. The molecule has 1 atom stereocenters. The van der Waals surface area contributed by atoms with Crippen molar-refractivity contribution in [2.24, 2.45) is 10.9 Å². The fraction of sp³-hybridized carbons (Fsp3) is 0.300. The van der Waals surface area contributed by atoms with Gasteiger partial charge in [-0.05, 0) is 23.5 Å². The van der Waals surface area contributed by atoms with Crippen LogP contribution < -0.4 is 5.32 Å². The van der Waals surface area contributed by atoms with E-state index < -0.39 is 0 Å². The Hall–Kier alpha value is -2.42. The molecule has 1 N–H and O–H groups in total. The highest BCUT2D eigenvalue weighted by atomic mass is 16.2. The Labute approximate surface area is 138 Å². The Morgan fingerprint density at radius 1 is 1.04 bits per heavy atom. The van der Waals surface area contributed by atoms with Crippen molar-refractivity contribution >= 4 is 12.1 Å². The monoisotopic (exact) mass is 308 g/mol. The van der Waals surface area contributed by atoms with Gasteiger partial charge in [-0.15, -0.1) is 0 Å². The maximum absolute atomic E-state index is 12.4. The van der Waals surface area contributed by atoms with Gasteiger partial charge in [0.05, 0.1) is 0 Å². The number of amides is 1. The molecule has 0 saturated heterocycles. The lowest BCUT2D eigenvalue weighted by Gasteiger charge is -2.15. The maximum atomic E-state index is 12.4. The first kappa shape index (κ1) is 16.9. The molecule has 3 nitrogen and oxygen atoms in total. The summed E-state index contributed by atoms with van der Waals surface area (Å²) >= 11 is 0. The van der Waals surface area contributed by atoms with Gasteiger partial charge in [-0.2, -0.15) is 0 Å². The fourth-order valence-corrected chi connectivity index (χ4v) is 2.30. The molecule has 0 aliphatic carbocycles. The summed E-state index contributed by atoms with van der Waals surface area (Å²) in [5.74, 6) is 0.394. The molecule has 0 aliphatic rings. The molecule has 0 spiro atoms. The Morgan fingerprint density at radius 3 is 2.26 bits per heavy atom. The SMILES string of the molecule is CC(C)CC(N=Cc1ccccc1)C(=O)NCc1ccccc1. The zero-order valence-corrected chi connectivity index (χ0v) is 13.8. The molecule has 0 fully saturated rings.